The third-order valence-corrected chi connectivity index (χ3v) is 10.8. The predicted molar refractivity (Wildman–Crippen MR) is 198 cm³/mol. The van der Waals surface area contributed by atoms with Gasteiger partial charge >= 0.3 is 7.12 Å². The largest absolute Gasteiger partial charge is 0.495 e. The van der Waals surface area contributed by atoms with Crippen molar-refractivity contribution in [2.24, 2.45) is 0 Å². The van der Waals surface area contributed by atoms with Crippen molar-refractivity contribution < 1.29 is 13.7 Å². The van der Waals surface area contributed by atoms with Crippen molar-refractivity contribution in [1.29, 1.82) is 0 Å². The van der Waals surface area contributed by atoms with Gasteiger partial charge in [-0.2, -0.15) is 0 Å². The van der Waals surface area contributed by atoms with E-state index in [1.807, 2.05) is 0 Å². The molecule has 0 N–H and O–H groups in total. The summed E-state index contributed by atoms with van der Waals surface area (Å²) in [5, 5.41) is 6.87. The van der Waals surface area contributed by atoms with E-state index >= 15 is 0 Å². The maximum atomic E-state index is 7.21. The molecule has 0 bridgehead atoms. The van der Waals surface area contributed by atoms with Crippen LogP contribution in [-0.2, 0) is 9.31 Å². The van der Waals surface area contributed by atoms with Crippen LogP contribution in [0.1, 0.15) is 27.7 Å². The van der Waals surface area contributed by atoms with Crippen LogP contribution in [-0.4, -0.2) is 27.5 Å². The summed E-state index contributed by atoms with van der Waals surface area (Å²) < 4.78 is 25.3. The second-order valence-electron chi connectivity index (χ2n) is 14.0. The van der Waals surface area contributed by atoms with Gasteiger partial charge in [0.15, 0.2) is 11.2 Å². The number of rotatable bonds is 3. The van der Waals surface area contributed by atoms with E-state index in [4.69, 9.17) is 13.7 Å². The minimum Gasteiger partial charge on any atom is -0.452 e. The van der Waals surface area contributed by atoms with Crippen molar-refractivity contribution in [3.63, 3.8) is 0 Å². The minimum absolute atomic E-state index is 0.483. The van der Waals surface area contributed by atoms with Crippen molar-refractivity contribution in [2.75, 3.05) is 0 Å². The van der Waals surface area contributed by atoms with Crippen LogP contribution < -0.4 is 5.46 Å². The standard InChI is InChI=1S/C42H33BN2O3/c1-41(2)42(3,4)48-43(47-41)31-24-25-37(45-34-21-11-7-16-28(34)29-17-8-12-22-35(29)45)40-38(31)30-18-13-23-36(39(30)46-40)44-32-19-9-5-14-26(32)27-15-6-10-20-33(27)44/h5-25H,1-4H3. The van der Waals surface area contributed by atoms with Gasteiger partial charge in [0.25, 0.3) is 0 Å². The third-order valence-electron chi connectivity index (χ3n) is 10.8. The van der Waals surface area contributed by atoms with Crippen molar-refractivity contribution in [3.8, 4) is 11.4 Å². The number of aromatic nitrogens is 2. The Morgan fingerprint density at radius 1 is 0.438 bits per heavy atom. The zero-order valence-corrected chi connectivity index (χ0v) is 27.3. The molecule has 1 aliphatic rings. The molecule has 3 aromatic heterocycles. The van der Waals surface area contributed by atoms with Crippen LogP contribution >= 0.6 is 0 Å². The highest BCUT2D eigenvalue weighted by atomic mass is 16.7. The monoisotopic (exact) mass is 624 g/mol. The van der Waals surface area contributed by atoms with Gasteiger partial charge in [-0.05, 0) is 69.6 Å². The van der Waals surface area contributed by atoms with Gasteiger partial charge in [0.1, 0.15) is 0 Å². The zero-order chi connectivity index (χ0) is 32.4. The molecule has 6 aromatic carbocycles. The molecule has 0 radical (unpaired) electrons. The van der Waals surface area contributed by atoms with E-state index in [1.54, 1.807) is 0 Å². The lowest BCUT2D eigenvalue weighted by molar-refractivity contribution is 0.00578. The second-order valence-corrected chi connectivity index (χ2v) is 14.0. The summed E-state index contributed by atoms with van der Waals surface area (Å²) in [6.45, 7) is 8.41. The number of nitrogens with zero attached hydrogens (tertiary/aromatic N) is 2. The molecule has 1 saturated heterocycles. The smallest absolute Gasteiger partial charge is 0.452 e. The SMILES string of the molecule is CC1(C)OB(c2ccc(-n3c4ccccc4c4ccccc43)c3oc4c(-n5c6ccccc6c6ccccc65)cccc4c23)OC1(C)C. The van der Waals surface area contributed by atoms with Crippen LogP contribution in [0.5, 0.6) is 0 Å². The van der Waals surface area contributed by atoms with Crippen molar-refractivity contribution in [2.45, 2.75) is 38.9 Å². The first kappa shape index (κ1) is 27.8. The molecule has 1 fully saturated rings. The lowest BCUT2D eigenvalue weighted by Crippen LogP contribution is -2.41. The van der Waals surface area contributed by atoms with Gasteiger partial charge in [0.05, 0.1) is 44.6 Å². The highest BCUT2D eigenvalue weighted by molar-refractivity contribution is 6.66. The third kappa shape index (κ3) is 3.64. The number of furan rings is 1. The number of benzene rings is 6. The Morgan fingerprint density at radius 3 is 1.33 bits per heavy atom. The number of hydrogen-bond donors (Lipinski definition) is 0. The summed E-state index contributed by atoms with van der Waals surface area (Å²) in [6, 6.07) is 45.2. The fraction of sp³-hybridized carbons (Fsp3) is 0.143. The number of hydrogen-bond acceptors (Lipinski definition) is 3. The highest BCUT2D eigenvalue weighted by Crippen LogP contribution is 2.43. The van der Waals surface area contributed by atoms with E-state index < -0.39 is 18.3 Å². The van der Waals surface area contributed by atoms with Crippen molar-refractivity contribution >= 4 is 78.1 Å². The number of fused-ring (bicyclic) bond motifs is 9. The molecule has 1 aliphatic heterocycles. The molecule has 0 saturated carbocycles. The molecule has 9 aromatic rings. The molecular weight excluding hydrogens is 591 g/mol. The Labute approximate surface area is 278 Å². The Hall–Kier alpha value is -5.30. The normalized spacial score (nSPS) is 16.0. The van der Waals surface area contributed by atoms with Crippen LogP contribution in [0.25, 0.3) is 76.9 Å². The lowest BCUT2D eigenvalue weighted by Gasteiger charge is -2.32. The molecule has 4 heterocycles. The van der Waals surface area contributed by atoms with E-state index in [-0.39, 0.29) is 0 Å². The average molecular weight is 625 g/mol. The first-order valence-electron chi connectivity index (χ1n) is 16.6. The summed E-state index contributed by atoms with van der Waals surface area (Å²) in [5.41, 5.74) is 8.14. The maximum Gasteiger partial charge on any atom is 0.495 e. The summed E-state index contributed by atoms with van der Waals surface area (Å²) >= 11 is 0. The summed E-state index contributed by atoms with van der Waals surface area (Å²) in [6.07, 6.45) is 0. The fourth-order valence-corrected chi connectivity index (χ4v) is 7.78. The Kier molecular flexibility index (Phi) is 5.57. The summed E-state index contributed by atoms with van der Waals surface area (Å²) in [5.74, 6) is 0. The molecule has 0 unspecified atom stereocenters. The van der Waals surface area contributed by atoms with Gasteiger partial charge in [-0.3, -0.25) is 0 Å². The lowest BCUT2D eigenvalue weighted by atomic mass is 9.76. The van der Waals surface area contributed by atoms with Gasteiger partial charge in [-0.25, -0.2) is 0 Å². The molecule has 232 valence electrons. The van der Waals surface area contributed by atoms with Crippen LogP contribution in [0.2, 0.25) is 0 Å². The maximum absolute atomic E-state index is 7.21. The number of para-hydroxylation sites is 5. The zero-order valence-electron chi connectivity index (χ0n) is 27.3. The van der Waals surface area contributed by atoms with E-state index in [0.717, 1.165) is 60.8 Å². The van der Waals surface area contributed by atoms with Gasteiger partial charge in [0.2, 0.25) is 0 Å². The summed E-state index contributed by atoms with van der Waals surface area (Å²) in [7, 11) is -0.553. The molecule has 0 atom stereocenters. The van der Waals surface area contributed by atoms with E-state index in [1.165, 1.54) is 21.5 Å². The van der Waals surface area contributed by atoms with Gasteiger partial charge in [0, 0.05) is 32.3 Å². The Bertz CT molecular complexity index is 2640. The second kappa shape index (κ2) is 9.63. The molecular formula is C42H33BN2O3. The van der Waals surface area contributed by atoms with Crippen LogP contribution in [0.3, 0.4) is 0 Å². The van der Waals surface area contributed by atoms with E-state index in [2.05, 4.69) is 164 Å². The van der Waals surface area contributed by atoms with Gasteiger partial charge < -0.3 is 22.9 Å². The van der Waals surface area contributed by atoms with Crippen LogP contribution in [0, 0.1) is 0 Å². The van der Waals surface area contributed by atoms with Gasteiger partial charge in [-0.15, -0.1) is 0 Å². The van der Waals surface area contributed by atoms with E-state index in [0.29, 0.717) is 0 Å². The average Bonchev–Trinajstić information content (AvgIpc) is 3.81. The molecule has 48 heavy (non-hydrogen) atoms. The van der Waals surface area contributed by atoms with Crippen LogP contribution in [0.4, 0.5) is 0 Å². The van der Waals surface area contributed by atoms with Gasteiger partial charge in [-0.1, -0.05) is 91.0 Å². The minimum atomic E-state index is -0.553. The predicted octanol–water partition coefficient (Wildman–Crippen LogP) is 10.1. The van der Waals surface area contributed by atoms with E-state index in [9.17, 15) is 0 Å². The Balaban J connectivity index is 1.34. The molecule has 6 heteroatoms. The molecule has 0 spiro atoms. The first-order valence-corrected chi connectivity index (χ1v) is 16.6. The van der Waals surface area contributed by atoms with Crippen LogP contribution in [0.15, 0.2) is 132 Å². The fourth-order valence-electron chi connectivity index (χ4n) is 7.78. The molecule has 0 amide bonds. The highest BCUT2D eigenvalue weighted by Gasteiger charge is 2.52. The Morgan fingerprint density at radius 2 is 0.854 bits per heavy atom. The van der Waals surface area contributed by atoms with Crippen molar-refractivity contribution in [1.82, 2.24) is 9.13 Å². The summed E-state index contributed by atoms with van der Waals surface area (Å²) in [4.78, 5) is 0. The van der Waals surface area contributed by atoms with Crippen molar-refractivity contribution in [3.05, 3.63) is 127 Å². The quantitative estimate of drug-likeness (QED) is 0.184. The topological polar surface area (TPSA) is 41.5 Å². The first-order chi connectivity index (χ1) is 23.3. The molecule has 10 rings (SSSR count). The molecule has 0 aliphatic carbocycles. The molecule has 5 nitrogen and oxygen atoms in total.